The second-order valence-electron chi connectivity index (χ2n) is 12.7. The molecule has 5 amide bonds. The van der Waals surface area contributed by atoms with Gasteiger partial charge < -0.3 is 40.3 Å². The summed E-state index contributed by atoms with van der Waals surface area (Å²) in [6.45, 7) is 13.8. The molecule has 13 heteroatoms. The van der Waals surface area contributed by atoms with Gasteiger partial charge in [0.15, 0.2) is 0 Å². The number of aliphatic carboxylic acids is 1. The Morgan fingerprint density at radius 3 is 2.11 bits per heavy atom. The number of nitrogens with zero attached hydrogens (tertiary/aromatic N) is 2. The molecule has 1 heterocycles. The highest BCUT2D eigenvalue weighted by Crippen LogP contribution is 2.29. The highest BCUT2D eigenvalue weighted by Gasteiger charge is 2.42. The van der Waals surface area contributed by atoms with Crippen molar-refractivity contribution in [3.63, 3.8) is 0 Å². The van der Waals surface area contributed by atoms with Gasteiger partial charge in [0.05, 0.1) is 43.2 Å². The summed E-state index contributed by atoms with van der Waals surface area (Å²) in [6.07, 6.45) is 1.63. The van der Waals surface area contributed by atoms with Gasteiger partial charge in [-0.2, -0.15) is 0 Å². The summed E-state index contributed by atoms with van der Waals surface area (Å²) < 4.78 is 11.5. The molecule has 0 spiro atoms. The number of carboxylic acids is 1. The van der Waals surface area contributed by atoms with Crippen molar-refractivity contribution in [1.29, 1.82) is 0 Å². The van der Waals surface area contributed by atoms with Crippen molar-refractivity contribution in [2.45, 2.75) is 111 Å². The lowest BCUT2D eigenvalue weighted by molar-refractivity contribution is -0.146. The van der Waals surface area contributed by atoms with Crippen LogP contribution in [-0.2, 0) is 28.7 Å². The quantitative estimate of drug-likeness (QED) is 0.167. The van der Waals surface area contributed by atoms with Crippen LogP contribution < -0.4 is 16.0 Å². The van der Waals surface area contributed by atoms with Crippen LogP contribution in [-0.4, -0.2) is 116 Å². The molecule has 13 nitrogen and oxygen atoms in total. The number of hydrogen-bond donors (Lipinski definition) is 4. The third-order valence-corrected chi connectivity index (χ3v) is 9.56. The zero-order valence-electron chi connectivity index (χ0n) is 29.1. The highest BCUT2D eigenvalue weighted by atomic mass is 16.5. The van der Waals surface area contributed by atoms with E-state index < -0.39 is 48.6 Å². The van der Waals surface area contributed by atoms with E-state index in [1.807, 2.05) is 20.8 Å². The molecule has 0 saturated carbocycles. The van der Waals surface area contributed by atoms with E-state index in [2.05, 4.69) is 36.7 Å². The van der Waals surface area contributed by atoms with Gasteiger partial charge in [-0.25, -0.2) is 4.79 Å². The molecule has 1 aliphatic heterocycles. The number of hydrogen-bond acceptors (Lipinski definition) is 7. The van der Waals surface area contributed by atoms with E-state index in [-0.39, 0.29) is 48.7 Å². The normalized spacial score (nSPS) is 19.5. The summed E-state index contributed by atoms with van der Waals surface area (Å²) in [4.78, 5) is 66.5. The number of carbonyl (C=O) groups is 5. The fourth-order valence-electron chi connectivity index (χ4n) is 6.22. The fraction of sp³-hybridized carbons (Fsp3) is 0.844. The van der Waals surface area contributed by atoms with Gasteiger partial charge in [0.25, 0.3) is 0 Å². The monoisotopic (exact) mass is 641 g/mol. The number of ether oxygens (including phenoxy) is 2. The van der Waals surface area contributed by atoms with E-state index in [9.17, 15) is 24.0 Å². The Kier molecular flexibility index (Phi) is 17.4. The van der Waals surface area contributed by atoms with Gasteiger partial charge >= 0.3 is 12.0 Å². The van der Waals surface area contributed by atoms with Gasteiger partial charge in [0.1, 0.15) is 6.54 Å². The summed E-state index contributed by atoms with van der Waals surface area (Å²) in [6, 6.07) is -1.22. The zero-order chi connectivity index (χ0) is 34.4. The number of methoxy groups -OCH3 is 2. The van der Waals surface area contributed by atoms with Crippen molar-refractivity contribution in [1.82, 2.24) is 25.8 Å². The predicted octanol–water partition coefficient (Wildman–Crippen LogP) is 2.48. The topological polar surface area (TPSA) is 167 Å². The fourth-order valence-corrected chi connectivity index (χ4v) is 6.22. The van der Waals surface area contributed by atoms with Crippen LogP contribution in [0.2, 0.25) is 0 Å². The zero-order valence-corrected chi connectivity index (χ0v) is 29.1. The van der Waals surface area contributed by atoms with E-state index >= 15 is 0 Å². The van der Waals surface area contributed by atoms with Gasteiger partial charge in [-0.1, -0.05) is 54.9 Å². The van der Waals surface area contributed by atoms with E-state index in [1.165, 1.54) is 14.2 Å². The lowest BCUT2D eigenvalue weighted by Crippen LogP contribution is -2.55. The van der Waals surface area contributed by atoms with E-state index in [4.69, 9.17) is 14.6 Å². The van der Waals surface area contributed by atoms with E-state index in [0.717, 1.165) is 19.3 Å². The number of carbonyl (C=O) groups excluding carboxylic acids is 4. The molecule has 0 aliphatic carbocycles. The molecule has 45 heavy (non-hydrogen) atoms. The van der Waals surface area contributed by atoms with Gasteiger partial charge in [0, 0.05) is 33.9 Å². The minimum atomic E-state index is -1.15. The molecular formula is C32H59N5O8. The Bertz CT molecular complexity index is 979. The first-order valence-corrected chi connectivity index (χ1v) is 16.3. The molecule has 1 fully saturated rings. The molecule has 8 atom stereocenters. The molecule has 0 bridgehead atoms. The second kappa shape index (κ2) is 19.6. The van der Waals surface area contributed by atoms with Crippen molar-refractivity contribution in [3.05, 3.63) is 0 Å². The molecule has 1 saturated heterocycles. The van der Waals surface area contributed by atoms with Crippen molar-refractivity contribution >= 4 is 29.7 Å². The number of likely N-dealkylation sites (N-methyl/N-ethyl adjacent to an activating group) is 1. The standard InChI is InChI=1S/C32H59N5O8/c1-11-20(5)29(36(8)27(39)17-34-32(43)35-23(12-2)21(6)19(3)4)25(44-9)16-26(38)37-15-13-14-24(37)30(45-10)22(7)31(42)33-18-28(40)41/h19-25,29-30H,11-18H2,1-10H3,(H,33,42)(H,40,41)(H2,34,35,43)/t20-,21-,22+,23?,24-,25+,29-,30+/m0/s1. The largest absolute Gasteiger partial charge is 0.480 e. The Balaban J connectivity index is 3.00. The van der Waals surface area contributed by atoms with Crippen molar-refractivity contribution in [2.75, 3.05) is 40.9 Å². The third-order valence-electron chi connectivity index (χ3n) is 9.56. The first-order chi connectivity index (χ1) is 21.1. The lowest BCUT2D eigenvalue weighted by atomic mass is 9.89. The molecule has 0 aromatic carbocycles. The molecule has 1 rings (SSSR count). The molecule has 1 aliphatic rings. The molecule has 0 radical (unpaired) electrons. The average Bonchev–Trinajstić information content (AvgIpc) is 3.49. The Morgan fingerprint density at radius 2 is 1.60 bits per heavy atom. The Morgan fingerprint density at radius 1 is 0.956 bits per heavy atom. The first kappa shape index (κ1) is 40.1. The van der Waals surface area contributed by atoms with Crippen LogP contribution in [0.25, 0.3) is 0 Å². The maximum atomic E-state index is 13.8. The first-order valence-electron chi connectivity index (χ1n) is 16.3. The lowest BCUT2D eigenvalue weighted by Gasteiger charge is -2.39. The van der Waals surface area contributed by atoms with Gasteiger partial charge in [-0.3, -0.25) is 19.2 Å². The number of rotatable bonds is 19. The minimum Gasteiger partial charge on any atom is -0.480 e. The predicted molar refractivity (Wildman–Crippen MR) is 171 cm³/mol. The van der Waals surface area contributed by atoms with Crippen LogP contribution in [0, 0.1) is 23.7 Å². The van der Waals surface area contributed by atoms with Crippen LogP contribution in [0.15, 0.2) is 0 Å². The number of urea groups is 1. The van der Waals surface area contributed by atoms with Crippen LogP contribution in [0.1, 0.15) is 80.6 Å². The van der Waals surface area contributed by atoms with Crippen LogP contribution >= 0.6 is 0 Å². The molecule has 0 aromatic rings. The molecule has 4 N–H and O–H groups in total. The second-order valence-corrected chi connectivity index (χ2v) is 12.7. The number of nitrogens with one attached hydrogen (secondary N) is 3. The number of carboxylic acid groups (broad SMARTS) is 1. The smallest absolute Gasteiger partial charge is 0.322 e. The van der Waals surface area contributed by atoms with Crippen molar-refractivity contribution in [2.24, 2.45) is 23.7 Å². The minimum absolute atomic E-state index is 0.00877. The van der Waals surface area contributed by atoms with Crippen LogP contribution in [0.5, 0.6) is 0 Å². The van der Waals surface area contributed by atoms with Crippen LogP contribution in [0.3, 0.4) is 0 Å². The van der Waals surface area contributed by atoms with Gasteiger partial charge in [0.2, 0.25) is 17.7 Å². The molecular weight excluding hydrogens is 582 g/mol. The maximum Gasteiger partial charge on any atom is 0.322 e. The molecule has 260 valence electrons. The van der Waals surface area contributed by atoms with Gasteiger partial charge in [-0.15, -0.1) is 0 Å². The highest BCUT2D eigenvalue weighted by molar-refractivity contribution is 5.85. The van der Waals surface area contributed by atoms with Crippen molar-refractivity contribution < 1.29 is 38.6 Å². The summed E-state index contributed by atoms with van der Waals surface area (Å²) in [5.41, 5.74) is 0. The average molecular weight is 642 g/mol. The number of likely N-dealkylation sites (tertiary alicyclic amines) is 1. The number of amides is 5. The SMILES string of the molecule is CCC(NC(=O)NCC(=O)N(C)[C@@H]([C@@H](C)CC)[C@@H](CC(=O)N1CCC[C@H]1[C@H](OC)[C@@H](C)C(=O)NCC(=O)O)OC)[C@@H](C)C(C)C. The molecule has 1 unspecified atom stereocenters. The van der Waals surface area contributed by atoms with Crippen molar-refractivity contribution in [3.8, 4) is 0 Å². The third kappa shape index (κ3) is 11.7. The Hall–Kier alpha value is -2.93. The van der Waals surface area contributed by atoms with Crippen LogP contribution in [0.4, 0.5) is 4.79 Å². The summed E-state index contributed by atoms with van der Waals surface area (Å²) in [5, 5.41) is 17.0. The summed E-state index contributed by atoms with van der Waals surface area (Å²) in [7, 11) is 4.67. The summed E-state index contributed by atoms with van der Waals surface area (Å²) in [5.74, 6) is -2.11. The van der Waals surface area contributed by atoms with E-state index in [0.29, 0.717) is 18.9 Å². The Labute approximate surface area is 269 Å². The molecule has 0 aromatic heterocycles. The summed E-state index contributed by atoms with van der Waals surface area (Å²) >= 11 is 0. The van der Waals surface area contributed by atoms with Gasteiger partial charge in [-0.05, 0) is 37.0 Å². The van der Waals surface area contributed by atoms with E-state index in [1.54, 1.807) is 23.8 Å². The maximum absolute atomic E-state index is 13.8.